The van der Waals surface area contributed by atoms with E-state index in [0.717, 1.165) is 4.90 Å². The molecule has 0 spiro atoms. The topological polar surface area (TPSA) is 64.6 Å². The van der Waals surface area contributed by atoms with Gasteiger partial charge in [-0.15, -0.1) is 11.8 Å². The van der Waals surface area contributed by atoms with Crippen molar-refractivity contribution in [1.82, 2.24) is 0 Å². The first-order valence-electron chi connectivity index (χ1n) is 8.10. The van der Waals surface area contributed by atoms with Gasteiger partial charge in [-0.2, -0.15) is 0 Å². The van der Waals surface area contributed by atoms with E-state index in [2.05, 4.69) is 5.32 Å². The number of nitrogens with one attached hydrogen (secondary N) is 1. The van der Waals surface area contributed by atoms with Gasteiger partial charge >= 0.3 is 5.97 Å². The fourth-order valence-corrected chi connectivity index (χ4v) is 3.19. The second-order valence-corrected chi connectivity index (χ2v) is 7.09. The van der Waals surface area contributed by atoms with Crippen molar-refractivity contribution < 1.29 is 19.1 Å². The van der Waals surface area contributed by atoms with Crippen molar-refractivity contribution in [2.75, 3.05) is 18.5 Å². The number of esters is 1. The Morgan fingerprint density at radius 3 is 2.69 bits per heavy atom. The van der Waals surface area contributed by atoms with E-state index >= 15 is 0 Å². The molecule has 0 aromatic heterocycles. The third-order valence-corrected chi connectivity index (χ3v) is 4.89. The Balaban J connectivity index is 1.93. The molecule has 0 aliphatic heterocycles. The van der Waals surface area contributed by atoms with Crippen LogP contribution in [0.1, 0.15) is 13.8 Å². The van der Waals surface area contributed by atoms with Crippen LogP contribution in [-0.2, 0) is 14.3 Å². The Morgan fingerprint density at radius 1 is 1.19 bits per heavy atom. The van der Waals surface area contributed by atoms with E-state index in [9.17, 15) is 9.59 Å². The first kappa shape index (κ1) is 20.1. The molecule has 0 aliphatic rings. The quantitative estimate of drug-likeness (QED) is 0.532. The maximum atomic E-state index is 12.4. The van der Waals surface area contributed by atoms with Crippen LogP contribution in [0.15, 0.2) is 53.4 Å². The first-order chi connectivity index (χ1) is 12.5. The molecule has 0 radical (unpaired) electrons. The third-order valence-electron chi connectivity index (χ3n) is 3.27. The average Bonchev–Trinajstić information content (AvgIpc) is 2.62. The number of carbonyl (C=O) groups is 2. The second kappa shape index (κ2) is 10.1. The standard InChI is InChI=1S/C19H20ClNO4S/c1-3-24-18(22)12-25-15-8-6-7-14(11-15)21-19(23)13(2)26-17-10-5-4-9-16(17)20/h4-11,13H,3,12H2,1-2H3,(H,21,23). The Morgan fingerprint density at radius 2 is 1.96 bits per heavy atom. The van der Waals surface area contributed by atoms with Crippen molar-refractivity contribution in [3.63, 3.8) is 0 Å². The molecule has 0 aliphatic carbocycles. The lowest BCUT2D eigenvalue weighted by atomic mass is 10.3. The van der Waals surface area contributed by atoms with E-state index in [1.54, 1.807) is 37.3 Å². The lowest BCUT2D eigenvalue weighted by Gasteiger charge is -2.13. The van der Waals surface area contributed by atoms with Crippen molar-refractivity contribution in [3.8, 4) is 5.75 Å². The molecule has 1 amide bonds. The number of rotatable bonds is 8. The van der Waals surface area contributed by atoms with Crippen molar-refractivity contribution in [2.45, 2.75) is 24.0 Å². The molecular weight excluding hydrogens is 374 g/mol. The number of hydrogen-bond acceptors (Lipinski definition) is 5. The number of ether oxygens (including phenoxy) is 2. The zero-order valence-corrected chi connectivity index (χ0v) is 16.1. The van der Waals surface area contributed by atoms with Crippen LogP contribution in [0.2, 0.25) is 5.02 Å². The van der Waals surface area contributed by atoms with Gasteiger partial charge in [-0.1, -0.05) is 29.8 Å². The molecule has 0 heterocycles. The number of hydrogen-bond donors (Lipinski definition) is 1. The minimum atomic E-state index is -0.438. The van der Waals surface area contributed by atoms with Gasteiger partial charge in [0.1, 0.15) is 5.75 Å². The summed E-state index contributed by atoms with van der Waals surface area (Å²) in [5.41, 5.74) is 0.586. The van der Waals surface area contributed by atoms with Gasteiger partial charge in [0.25, 0.3) is 0 Å². The molecule has 0 bridgehead atoms. The summed E-state index contributed by atoms with van der Waals surface area (Å²) >= 11 is 7.51. The molecule has 0 saturated carbocycles. The monoisotopic (exact) mass is 393 g/mol. The van der Waals surface area contributed by atoms with Gasteiger partial charge in [0.2, 0.25) is 5.91 Å². The largest absolute Gasteiger partial charge is 0.482 e. The van der Waals surface area contributed by atoms with Crippen LogP contribution in [0.25, 0.3) is 0 Å². The summed E-state index contributed by atoms with van der Waals surface area (Å²) in [6.45, 7) is 3.67. The molecule has 2 aromatic rings. The molecule has 0 fully saturated rings. The van der Waals surface area contributed by atoms with Crippen LogP contribution in [-0.4, -0.2) is 30.3 Å². The lowest BCUT2D eigenvalue weighted by Crippen LogP contribution is -2.22. The molecule has 138 valence electrons. The normalized spacial score (nSPS) is 11.5. The smallest absolute Gasteiger partial charge is 0.344 e. The highest BCUT2D eigenvalue weighted by molar-refractivity contribution is 8.00. The molecular formula is C19H20ClNO4S. The number of anilines is 1. The van der Waals surface area contributed by atoms with E-state index in [1.165, 1.54) is 11.8 Å². The predicted octanol–water partition coefficient (Wildman–Crippen LogP) is 4.40. The van der Waals surface area contributed by atoms with Gasteiger partial charge < -0.3 is 14.8 Å². The van der Waals surface area contributed by atoms with Crippen LogP contribution in [0.4, 0.5) is 5.69 Å². The highest BCUT2D eigenvalue weighted by Crippen LogP contribution is 2.30. The Bertz CT molecular complexity index is 769. The molecule has 1 N–H and O–H groups in total. The van der Waals surface area contributed by atoms with E-state index in [4.69, 9.17) is 21.1 Å². The second-order valence-electron chi connectivity index (χ2n) is 5.30. The SMILES string of the molecule is CCOC(=O)COc1cccc(NC(=O)C(C)Sc2ccccc2Cl)c1. The molecule has 5 nitrogen and oxygen atoms in total. The third kappa shape index (κ3) is 6.28. The zero-order valence-electron chi connectivity index (χ0n) is 14.5. The Kier molecular flexibility index (Phi) is 7.81. The summed E-state index contributed by atoms with van der Waals surface area (Å²) < 4.78 is 10.2. The Hall–Kier alpha value is -2.18. The zero-order chi connectivity index (χ0) is 18.9. The average molecular weight is 394 g/mol. The summed E-state index contributed by atoms with van der Waals surface area (Å²) in [4.78, 5) is 24.6. The van der Waals surface area contributed by atoms with Crippen LogP contribution < -0.4 is 10.1 Å². The minimum absolute atomic E-state index is 0.155. The highest BCUT2D eigenvalue weighted by Gasteiger charge is 2.16. The summed E-state index contributed by atoms with van der Waals surface area (Å²) in [6.07, 6.45) is 0. The van der Waals surface area contributed by atoms with Crippen molar-refractivity contribution in [2.24, 2.45) is 0 Å². The van der Waals surface area contributed by atoms with Crippen molar-refractivity contribution in [1.29, 1.82) is 0 Å². The highest BCUT2D eigenvalue weighted by atomic mass is 35.5. The van der Waals surface area contributed by atoms with Gasteiger partial charge in [-0.05, 0) is 38.1 Å². The van der Waals surface area contributed by atoms with Crippen molar-refractivity contribution >= 4 is 40.9 Å². The first-order valence-corrected chi connectivity index (χ1v) is 9.36. The molecule has 1 atom stereocenters. The molecule has 2 aromatic carbocycles. The summed E-state index contributed by atoms with van der Waals surface area (Å²) in [6, 6.07) is 14.2. The molecule has 2 rings (SSSR count). The summed E-state index contributed by atoms with van der Waals surface area (Å²) in [7, 11) is 0. The number of halogens is 1. The van der Waals surface area contributed by atoms with Gasteiger partial charge in [0.05, 0.1) is 16.9 Å². The van der Waals surface area contributed by atoms with Crippen LogP contribution in [0.3, 0.4) is 0 Å². The summed E-state index contributed by atoms with van der Waals surface area (Å²) in [5.74, 6) is -0.119. The van der Waals surface area contributed by atoms with Gasteiger partial charge in [0, 0.05) is 16.6 Å². The fraction of sp³-hybridized carbons (Fsp3) is 0.263. The van der Waals surface area contributed by atoms with Crippen LogP contribution in [0, 0.1) is 0 Å². The van der Waals surface area contributed by atoms with E-state index in [-0.39, 0.29) is 17.8 Å². The Labute approximate surface area is 162 Å². The lowest BCUT2D eigenvalue weighted by molar-refractivity contribution is -0.145. The maximum Gasteiger partial charge on any atom is 0.344 e. The molecule has 1 unspecified atom stereocenters. The van der Waals surface area contributed by atoms with Gasteiger partial charge in [0.15, 0.2) is 6.61 Å². The maximum absolute atomic E-state index is 12.4. The predicted molar refractivity (Wildman–Crippen MR) is 104 cm³/mol. The molecule has 7 heteroatoms. The van der Waals surface area contributed by atoms with E-state index < -0.39 is 5.97 Å². The van der Waals surface area contributed by atoms with Gasteiger partial charge in [-0.3, -0.25) is 4.79 Å². The molecule has 0 saturated heterocycles. The number of carbonyl (C=O) groups excluding carboxylic acids is 2. The molecule has 26 heavy (non-hydrogen) atoms. The van der Waals surface area contributed by atoms with E-state index in [1.807, 2.05) is 25.1 Å². The van der Waals surface area contributed by atoms with Crippen molar-refractivity contribution in [3.05, 3.63) is 53.6 Å². The number of amides is 1. The number of benzene rings is 2. The number of thioether (sulfide) groups is 1. The van der Waals surface area contributed by atoms with Crippen LogP contribution >= 0.6 is 23.4 Å². The van der Waals surface area contributed by atoms with Gasteiger partial charge in [-0.25, -0.2) is 4.79 Å². The minimum Gasteiger partial charge on any atom is -0.482 e. The van der Waals surface area contributed by atoms with Crippen LogP contribution in [0.5, 0.6) is 5.75 Å². The fourth-order valence-electron chi connectivity index (χ4n) is 2.04. The van der Waals surface area contributed by atoms with E-state index in [0.29, 0.717) is 23.1 Å². The summed E-state index contributed by atoms with van der Waals surface area (Å²) in [5, 5.41) is 3.12.